The van der Waals surface area contributed by atoms with Crippen molar-refractivity contribution in [1.82, 2.24) is 19.2 Å². The van der Waals surface area contributed by atoms with E-state index in [1.54, 1.807) is 22.9 Å². The minimum atomic E-state index is -0.0699. The van der Waals surface area contributed by atoms with Crippen LogP contribution in [-0.4, -0.2) is 57.2 Å². The molecule has 110 valence electrons. The lowest BCUT2D eigenvalue weighted by Crippen LogP contribution is -2.50. The standard InChI is InChI=1S/C15H18N4O2/c1-11-3-4-19-10-13(16-14(19)9-11)15(21)18-7-5-17(6-8-18)12(2)20/h3-4,9-10H,5-8H2,1-2H3. The van der Waals surface area contributed by atoms with E-state index in [4.69, 9.17) is 0 Å². The summed E-state index contributed by atoms with van der Waals surface area (Å²) < 4.78 is 1.85. The minimum absolute atomic E-state index is 0.0605. The summed E-state index contributed by atoms with van der Waals surface area (Å²) in [5.41, 5.74) is 2.35. The molecule has 0 aromatic carbocycles. The number of aromatic nitrogens is 2. The van der Waals surface area contributed by atoms with Crippen molar-refractivity contribution < 1.29 is 9.59 Å². The molecule has 1 aliphatic rings. The number of carbonyl (C=O) groups is 2. The predicted octanol–water partition coefficient (Wildman–Crippen LogP) is 0.947. The second-order valence-corrected chi connectivity index (χ2v) is 5.39. The van der Waals surface area contributed by atoms with Gasteiger partial charge in [-0.15, -0.1) is 0 Å². The minimum Gasteiger partial charge on any atom is -0.339 e. The Morgan fingerprint density at radius 1 is 1.14 bits per heavy atom. The highest BCUT2D eigenvalue weighted by Crippen LogP contribution is 2.11. The van der Waals surface area contributed by atoms with Gasteiger partial charge in [-0.2, -0.15) is 0 Å². The predicted molar refractivity (Wildman–Crippen MR) is 78.1 cm³/mol. The SMILES string of the molecule is CC(=O)N1CCN(C(=O)c2cn3ccc(C)cc3n2)CC1. The smallest absolute Gasteiger partial charge is 0.274 e. The number of rotatable bonds is 1. The third kappa shape index (κ3) is 2.61. The molecule has 2 aromatic heterocycles. The molecule has 6 heteroatoms. The quantitative estimate of drug-likeness (QED) is 0.784. The maximum Gasteiger partial charge on any atom is 0.274 e. The van der Waals surface area contributed by atoms with Gasteiger partial charge in [-0.1, -0.05) is 0 Å². The van der Waals surface area contributed by atoms with E-state index < -0.39 is 0 Å². The van der Waals surface area contributed by atoms with Gasteiger partial charge >= 0.3 is 0 Å². The van der Waals surface area contributed by atoms with E-state index in [1.165, 1.54) is 0 Å². The van der Waals surface area contributed by atoms with Gasteiger partial charge < -0.3 is 14.2 Å². The van der Waals surface area contributed by atoms with Crippen LogP contribution in [0, 0.1) is 6.92 Å². The number of carbonyl (C=O) groups excluding carboxylic acids is 2. The molecule has 0 aliphatic carbocycles. The van der Waals surface area contributed by atoms with E-state index in [2.05, 4.69) is 4.98 Å². The number of fused-ring (bicyclic) bond motifs is 1. The number of pyridine rings is 1. The molecule has 21 heavy (non-hydrogen) atoms. The van der Waals surface area contributed by atoms with E-state index in [9.17, 15) is 9.59 Å². The van der Waals surface area contributed by atoms with Crippen LogP contribution in [0.3, 0.4) is 0 Å². The van der Waals surface area contributed by atoms with E-state index in [1.807, 2.05) is 29.7 Å². The Morgan fingerprint density at radius 3 is 2.48 bits per heavy atom. The zero-order valence-electron chi connectivity index (χ0n) is 12.2. The summed E-state index contributed by atoms with van der Waals surface area (Å²) in [5.74, 6) is -0.00939. The fourth-order valence-corrected chi connectivity index (χ4v) is 2.57. The van der Waals surface area contributed by atoms with Crippen molar-refractivity contribution in [3.05, 3.63) is 35.8 Å². The van der Waals surface area contributed by atoms with E-state index in [0.717, 1.165) is 11.2 Å². The van der Waals surface area contributed by atoms with Crippen LogP contribution >= 0.6 is 0 Å². The molecule has 1 aliphatic heterocycles. The normalized spacial score (nSPS) is 15.5. The third-order valence-electron chi connectivity index (χ3n) is 3.85. The lowest BCUT2D eigenvalue weighted by Gasteiger charge is -2.33. The Labute approximate surface area is 123 Å². The van der Waals surface area contributed by atoms with Crippen LogP contribution in [0.5, 0.6) is 0 Å². The van der Waals surface area contributed by atoms with Crippen molar-refractivity contribution in [1.29, 1.82) is 0 Å². The molecular weight excluding hydrogens is 268 g/mol. The maximum atomic E-state index is 12.5. The average Bonchev–Trinajstić information content (AvgIpc) is 2.89. The lowest BCUT2D eigenvalue weighted by atomic mass is 10.3. The number of aryl methyl sites for hydroxylation is 1. The number of amides is 2. The monoisotopic (exact) mass is 286 g/mol. The molecule has 3 heterocycles. The summed E-state index contributed by atoms with van der Waals surface area (Å²) in [6.07, 6.45) is 3.66. The Balaban J connectivity index is 1.76. The highest BCUT2D eigenvalue weighted by Gasteiger charge is 2.24. The molecule has 0 radical (unpaired) electrons. The van der Waals surface area contributed by atoms with Crippen LogP contribution < -0.4 is 0 Å². The van der Waals surface area contributed by atoms with Crippen LogP contribution in [0.2, 0.25) is 0 Å². The molecule has 0 spiro atoms. The van der Waals surface area contributed by atoms with Gasteiger partial charge in [-0.05, 0) is 24.6 Å². The zero-order chi connectivity index (χ0) is 15.0. The summed E-state index contributed by atoms with van der Waals surface area (Å²) in [4.78, 5) is 31.7. The molecule has 0 N–H and O–H groups in total. The van der Waals surface area contributed by atoms with Crippen molar-refractivity contribution in [2.24, 2.45) is 0 Å². The first-order chi connectivity index (χ1) is 10.0. The molecule has 0 bridgehead atoms. The molecule has 2 amide bonds. The van der Waals surface area contributed by atoms with E-state index >= 15 is 0 Å². The Morgan fingerprint density at radius 2 is 1.81 bits per heavy atom. The first-order valence-corrected chi connectivity index (χ1v) is 7.05. The maximum absolute atomic E-state index is 12.5. The summed E-state index contributed by atoms with van der Waals surface area (Å²) in [6, 6.07) is 3.93. The van der Waals surface area contributed by atoms with Crippen molar-refractivity contribution in [2.75, 3.05) is 26.2 Å². The average molecular weight is 286 g/mol. The first-order valence-electron chi connectivity index (χ1n) is 7.05. The van der Waals surface area contributed by atoms with Gasteiger partial charge in [0.1, 0.15) is 11.3 Å². The highest BCUT2D eigenvalue weighted by atomic mass is 16.2. The zero-order valence-corrected chi connectivity index (χ0v) is 12.2. The van der Waals surface area contributed by atoms with Crippen molar-refractivity contribution in [3.8, 4) is 0 Å². The third-order valence-corrected chi connectivity index (χ3v) is 3.85. The van der Waals surface area contributed by atoms with E-state index in [0.29, 0.717) is 31.9 Å². The van der Waals surface area contributed by atoms with Gasteiger partial charge in [0.25, 0.3) is 5.91 Å². The Hall–Kier alpha value is -2.37. The molecule has 3 rings (SSSR count). The van der Waals surface area contributed by atoms with Crippen LogP contribution in [0.4, 0.5) is 0 Å². The Bertz CT molecular complexity index is 699. The topological polar surface area (TPSA) is 57.9 Å². The molecule has 2 aromatic rings. The highest BCUT2D eigenvalue weighted by molar-refractivity contribution is 5.93. The van der Waals surface area contributed by atoms with Crippen LogP contribution in [-0.2, 0) is 4.79 Å². The van der Waals surface area contributed by atoms with Crippen molar-refractivity contribution in [3.63, 3.8) is 0 Å². The van der Waals surface area contributed by atoms with E-state index in [-0.39, 0.29) is 11.8 Å². The van der Waals surface area contributed by atoms with Gasteiger partial charge in [-0.3, -0.25) is 9.59 Å². The summed E-state index contributed by atoms with van der Waals surface area (Å²) >= 11 is 0. The second kappa shape index (κ2) is 5.20. The number of nitrogens with zero attached hydrogens (tertiary/aromatic N) is 4. The second-order valence-electron chi connectivity index (χ2n) is 5.39. The fraction of sp³-hybridized carbons (Fsp3) is 0.400. The molecule has 1 saturated heterocycles. The summed E-state index contributed by atoms with van der Waals surface area (Å²) in [7, 11) is 0. The molecular formula is C15H18N4O2. The van der Waals surface area contributed by atoms with Crippen LogP contribution in [0.15, 0.2) is 24.5 Å². The van der Waals surface area contributed by atoms with Gasteiger partial charge in [0.15, 0.2) is 0 Å². The number of hydrogen-bond donors (Lipinski definition) is 0. The Kier molecular flexibility index (Phi) is 3.37. The molecule has 0 atom stereocenters. The molecule has 1 fully saturated rings. The fourth-order valence-electron chi connectivity index (χ4n) is 2.57. The van der Waals surface area contributed by atoms with Crippen LogP contribution in [0.1, 0.15) is 23.0 Å². The molecule has 0 unspecified atom stereocenters. The van der Waals surface area contributed by atoms with Gasteiger partial charge in [0.05, 0.1) is 0 Å². The molecule has 6 nitrogen and oxygen atoms in total. The lowest BCUT2D eigenvalue weighted by molar-refractivity contribution is -0.130. The summed E-state index contributed by atoms with van der Waals surface area (Å²) in [6.45, 7) is 5.86. The van der Waals surface area contributed by atoms with Gasteiger partial charge in [-0.25, -0.2) is 4.98 Å². The van der Waals surface area contributed by atoms with Crippen molar-refractivity contribution >= 4 is 17.5 Å². The number of piperazine rings is 1. The number of imidazole rings is 1. The summed E-state index contributed by atoms with van der Waals surface area (Å²) in [5, 5.41) is 0. The number of hydrogen-bond acceptors (Lipinski definition) is 3. The van der Waals surface area contributed by atoms with Crippen LogP contribution in [0.25, 0.3) is 5.65 Å². The van der Waals surface area contributed by atoms with Crippen molar-refractivity contribution in [2.45, 2.75) is 13.8 Å². The first kappa shape index (κ1) is 13.6. The van der Waals surface area contributed by atoms with Gasteiger partial charge in [0, 0.05) is 45.5 Å². The molecule has 0 saturated carbocycles. The largest absolute Gasteiger partial charge is 0.339 e. The van der Waals surface area contributed by atoms with Gasteiger partial charge in [0.2, 0.25) is 5.91 Å².